The number of anilines is 3. The van der Waals surface area contributed by atoms with E-state index in [9.17, 15) is 33.1 Å². The van der Waals surface area contributed by atoms with Gasteiger partial charge in [-0.2, -0.15) is 0 Å². The van der Waals surface area contributed by atoms with E-state index in [-0.39, 0.29) is 49.1 Å². The number of hydrogen-bond donors (Lipinski definition) is 4. The molecule has 17 nitrogen and oxygen atoms in total. The van der Waals surface area contributed by atoms with Crippen LogP contribution in [0.3, 0.4) is 0 Å². The van der Waals surface area contributed by atoms with Crippen molar-refractivity contribution in [2.75, 3.05) is 42.9 Å². The number of carbonyl (C=O) groups excluding carboxylic acids is 4. The number of aliphatic hydroxyl groups is 1. The van der Waals surface area contributed by atoms with E-state index in [2.05, 4.69) is 45.9 Å². The van der Waals surface area contributed by atoms with Crippen LogP contribution in [-0.2, 0) is 9.59 Å². The van der Waals surface area contributed by atoms with Gasteiger partial charge >= 0.3 is 0 Å². The van der Waals surface area contributed by atoms with Crippen LogP contribution in [0.25, 0.3) is 10.4 Å². The van der Waals surface area contributed by atoms with Crippen molar-refractivity contribution in [3.05, 3.63) is 101 Å². The molecule has 1 aromatic carbocycles. The second kappa shape index (κ2) is 19.4. The molecule has 5 aromatic rings. The highest BCUT2D eigenvalue weighted by atomic mass is 32.1. The topological polar surface area (TPSA) is 212 Å². The molecular weight excluding hydrogens is 883 g/mol. The molecule has 4 amide bonds. The van der Waals surface area contributed by atoms with Crippen molar-refractivity contribution in [2.24, 2.45) is 5.41 Å². The zero-order valence-electron chi connectivity index (χ0n) is 37.9. The maximum atomic E-state index is 14.3. The molecule has 4 aromatic heterocycles. The first kappa shape index (κ1) is 47.0. The molecule has 352 valence electrons. The molecule has 3 aliphatic heterocycles. The molecule has 3 saturated heterocycles. The number of alkyl halides is 2. The van der Waals surface area contributed by atoms with E-state index in [1.165, 1.54) is 23.5 Å². The lowest BCUT2D eigenvalue weighted by atomic mass is 9.85. The summed E-state index contributed by atoms with van der Waals surface area (Å²) >= 11 is 1.56. The van der Waals surface area contributed by atoms with E-state index in [1.54, 1.807) is 59.8 Å². The number of β-amino-alcohol motifs (C(OH)–C–C–N with tert-alkyl or cyclic N) is 1. The Balaban J connectivity index is 0.883. The number of halogens is 2. The van der Waals surface area contributed by atoms with E-state index < -0.39 is 59.8 Å². The summed E-state index contributed by atoms with van der Waals surface area (Å²) in [6.45, 7) is 9.60. The number of carbonyl (C=O) groups is 4. The van der Waals surface area contributed by atoms with Crippen molar-refractivity contribution in [1.82, 2.24) is 50.3 Å². The number of benzene rings is 1. The molecule has 8 rings (SSSR count). The van der Waals surface area contributed by atoms with Crippen molar-refractivity contribution in [3.8, 4) is 10.4 Å². The highest BCUT2D eigenvalue weighted by Crippen LogP contribution is 2.36. The molecule has 67 heavy (non-hydrogen) atoms. The van der Waals surface area contributed by atoms with E-state index >= 15 is 0 Å². The van der Waals surface area contributed by atoms with E-state index in [0.29, 0.717) is 43.4 Å². The number of amides is 4. The van der Waals surface area contributed by atoms with Gasteiger partial charge in [-0.1, -0.05) is 45.0 Å². The number of piperidine rings is 1. The fourth-order valence-electron chi connectivity index (χ4n) is 8.78. The highest BCUT2D eigenvalue weighted by Gasteiger charge is 2.45. The molecule has 7 heterocycles. The summed E-state index contributed by atoms with van der Waals surface area (Å²) in [4.78, 5) is 86.8. The third-order valence-corrected chi connectivity index (χ3v) is 13.5. The van der Waals surface area contributed by atoms with Gasteiger partial charge in [0, 0.05) is 51.4 Å². The minimum absolute atomic E-state index is 0.00611. The van der Waals surface area contributed by atoms with Crippen molar-refractivity contribution >= 4 is 52.4 Å². The first-order chi connectivity index (χ1) is 31.9. The summed E-state index contributed by atoms with van der Waals surface area (Å²) in [6, 6.07) is 9.07. The number of thiazole rings is 1. The number of aliphatic hydroxyl groups excluding tert-OH is 1. The van der Waals surface area contributed by atoms with Gasteiger partial charge < -0.3 is 35.8 Å². The smallest absolute Gasteiger partial charge is 0.274 e. The number of hydrogen-bond acceptors (Lipinski definition) is 14. The zero-order valence-corrected chi connectivity index (χ0v) is 38.8. The lowest BCUT2D eigenvalue weighted by molar-refractivity contribution is -0.142. The molecule has 0 bridgehead atoms. The minimum atomic E-state index is -2.80. The lowest BCUT2D eigenvalue weighted by Gasteiger charge is -2.35. The number of rotatable bonds is 12. The third kappa shape index (κ3) is 10.9. The van der Waals surface area contributed by atoms with Crippen LogP contribution in [0.15, 0.2) is 72.9 Å². The molecule has 4 N–H and O–H groups in total. The van der Waals surface area contributed by atoms with Crippen LogP contribution in [0.5, 0.6) is 0 Å². The number of pyridine rings is 1. The van der Waals surface area contributed by atoms with Gasteiger partial charge in [0.25, 0.3) is 17.7 Å². The van der Waals surface area contributed by atoms with Crippen molar-refractivity contribution in [3.63, 3.8) is 0 Å². The number of nitrogens with one attached hydrogen (secondary N) is 3. The quantitative estimate of drug-likeness (QED) is 0.119. The van der Waals surface area contributed by atoms with E-state index in [4.69, 9.17) is 0 Å². The molecule has 0 spiro atoms. The van der Waals surface area contributed by atoms with Gasteiger partial charge in [0.15, 0.2) is 0 Å². The standard InChI is InChI=1S/C47H54F2N12O5S/c1-27(29-6-8-31(9-7-29)40-28(2)54-26-67-40)55-43(64)36-20-33(62)24-61(36)45(66)41(46(3,4)5)58-42(63)34-21-53-35(22-52-34)44(65)59-15-10-30(11-16-59)32-18-37(56-38-23-50-13-14-51-38)57-39(19-32)60-17-12-47(48,49)25-60/h6-9,13-14,18-19,21-23,26-27,30,33,36,41,62H,10-12,15-17,20,24-25H2,1-5H3,(H,55,64)(H,58,63)(H,51,56,57)/t27-,33+,36-,41+/m0/s1. The predicted octanol–water partition coefficient (Wildman–Crippen LogP) is 5.69. The first-order valence-corrected chi connectivity index (χ1v) is 23.2. The van der Waals surface area contributed by atoms with Gasteiger partial charge in [-0.15, -0.1) is 11.3 Å². The summed E-state index contributed by atoms with van der Waals surface area (Å²) in [5.41, 5.74) is 4.63. The Labute approximate surface area is 390 Å². The van der Waals surface area contributed by atoms with Gasteiger partial charge in [-0.25, -0.2) is 33.7 Å². The van der Waals surface area contributed by atoms with Crippen LogP contribution < -0.4 is 20.9 Å². The van der Waals surface area contributed by atoms with E-state index in [1.807, 2.05) is 50.2 Å². The average molecular weight is 937 g/mol. The summed E-state index contributed by atoms with van der Waals surface area (Å²) < 4.78 is 28.5. The monoisotopic (exact) mass is 936 g/mol. The molecule has 4 atom stereocenters. The Bertz CT molecular complexity index is 2590. The second-order valence-corrected chi connectivity index (χ2v) is 19.4. The summed E-state index contributed by atoms with van der Waals surface area (Å²) in [7, 11) is 0. The summed E-state index contributed by atoms with van der Waals surface area (Å²) in [5, 5.41) is 19.6. The Hall–Kier alpha value is -6.54. The maximum Gasteiger partial charge on any atom is 0.274 e. The van der Waals surface area contributed by atoms with Gasteiger partial charge in [0.2, 0.25) is 11.8 Å². The van der Waals surface area contributed by atoms with Crippen LogP contribution in [0, 0.1) is 12.3 Å². The van der Waals surface area contributed by atoms with Gasteiger partial charge in [-0.3, -0.25) is 24.2 Å². The van der Waals surface area contributed by atoms with Crippen molar-refractivity contribution < 1.29 is 33.1 Å². The average Bonchev–Trinajstić information content (AvgIpc) is 4.04. The highest BCUT2D eigenvalue weighted by molar-refractivity contribution is 7.13. The number of aromatic nitrogens is 6. The molecule has 20 heteroatoms. The fourth-order valence-corrected chi connectivity index (χ4v) is 9.59. The summed E-state index contributed by atoms with van der Waals surface area (Å²) in [6.07, 6.45) is 7.06. The van der Waals surface area contributed by atoms with Crippen LogP contribution in [0.1, 0.15) is 103 Å². The predicted molar refractivity (Wildman–Crippen MR) is 247 cm³/mol. The largest absolute Gasteiger partial charge is 0.391 e. The minimum Gasteiger partial charge on any atom is -0.391 e. The Morgan fingerprint density at radius 2 is 1.64 bits per heavy atom. The number of nitrogens with zero attached hydrogens (tertiary/aromatic N) is 9. The van der Waals surface area contributed by atoms with Gasteiger partial charge in [0.1, 0.15) is 40.9 Å². The fraction of sp³-hybridized carbons (Fsp3) is 0.447. The molecule has 3 aliphatic rings. The van der Waals surface area contributed by atoms with Gasteiger partial charge in [-0.05, 0) is 66.8 Å². The molecule has 0 saturated carbocycles. The molecular formula is C47H54F2N12O5S. The van der Waals surface area contributed by atoms with Crippen molar-refractivity contribution in [2.45, 2.75) is 96.4 Å². The van der Waals surface area contributed by atoms with E-state index in [0.717, 1.165) is 27.3 Å². The van der Waals surface area contributed by atoms with Gasteiger partial charge in [0.05, 0.1) is 53.4 Å². The Morgan fingerprint density at radius 3 is 2.27 bits per heavy atom. The molecule has 3 fully saturated rings. The SMILES string of the molecule is Cc1ncsc1-c1ccc([C@H](C)NC(=O)[C@@H]2C[C@@H](O)CN2C(=O)[C@@H](NC(=O)c2cnc(C(=O)N3CCC(c4cc(Nc5cnccn5)nc(N5CCC(F)(F)C5)c4)CC3)cn2)C(C)(C)C)cc1. The van der Waals surface area contributed by atoms with Crippen LogP contribution in [-0.4, -0.2) is 125 Å². The normalized spacial score (nSPS) is 19.5. The number of likely N-dealkylation sites (tertiary alicyclic amines) is 2. The molecule has 0 radical (unpaired) electrons. The van der Waals surface area contributed by atoms with Crippen molar-refractivity contribution in [1.29, 1.82) is 0 Å². The molecule has 0 unspecified atom stereocenters. The lowest BCUT2D eigenvalue weighted by Crippen LogP contribution is -2.58. The first-order valence-electron chi connectivity index (χ1n) is 22.3. The molecule has 0 aliphatic carbocycles. The third-order valence-electron chi connectivity index (χ3n) is 12.5. The van der Waals surface area contributed by atoms with Crippen LogP contribution in [0.4, 0.5) is 26.2 Å². The number of aryl methyl sites for hydroxylation is 1. The second-order valence-electron chi connectivity index (χ2n) is 18.5. The van der Waals surface area contributed by atoms with Crippen LogP contribution in [0.2, 0.25) is 0 Å². The maximum absolute atomic E-state index is 14.3. The van der Waals surface area contributed by atoms with Crippen LogP contribution >= 0.6 is 11.3 Å². The summed E-state index contributed by atoms with van der Waals surface area (Å²) in [5.74, 6) is -3.47. The Kier molecular flexibility index (Phi) is 13.6. The zero-order chi connectivity index (χ0) is 47.6. The Morgan fingerprint density at radius 1 is 0.910 bits per heavy atom.